The molecule has 1 rings (SSSR count). The molecule has 0 aromatic heterocycles. The van der Waals surface area contributed by atoms with Crippen molar-refractivity contribution >= 4 is 14.3 Å². The Morgan fingerprint density at radius 1 is 1.50 bits per heavy atom. The van der Waals surface area contributed by atoms with E-state index in [1.54, 1.807) is 24.5 Å². The van der Waals surface area contributed by atoms with Crippen LogP contribution in [-0.2, 0) is 4.52 Å². The van der Waals surface area contributed by atoms with Crippen LogP contribution in [0.4, 0.5) is 0 Å². The Morgan fingerprint density at radius 2 is 2.38 bits per heavy atom. The summed E-state index contributed by atoms with van der Waals surface area (Å²) in [4.78, 5) is 0. The van der Waals surface area contributed by atoms with E-state index in [-0.39, 0.29) is 8.81 Å². The van der Waals surface area contributed by atoms with Gasteiger partial charge in [0.25, 0.3) is 0 Å². The number of hydrogen-bond donors (Lipinski definition) is 1. The van der Waals surface area contributed by atoms with E-state index in [1.807, 2.05) is 0 Å². The van der Waals surface area contributed by atoms with Gasteiger partial charge in [-0.1, -0.05) is 6.08 Å². The van der Waals surface area contributed by atoms with Crippen molar-refractivity contribution in [2.24, 2.45) is 0 Å². The molecule has 1 atom stereocenters. The van der Waals surface area contributed by atoms with Crippen LogP contribution in [0.2, 0.25) is 0 Å². The minimum Gasteiger partial charge on any atom is -0.478 e. The van der Waals surface area contributed by atoms with Gasteiger partial charge in [0.05, 0.1) is 11.7 Å². The van der Waals surface area contributed by atoms with E-state index in [2.05, 4.69) is 0 Å². The summed E-state index contributed by atoms with van der Waals surface area (Å²) in [5, 5.41) is 7.09. The van der Waals surface area contributed by atoms with Crippen LogP contribution >= 0.6 is 8.81 Å². The van der Waals surface area contributed by atoms with Gasteiger partial charge >= 0.3 is 0 Å². The summed E-state index contributed by atoms with van der Waals surface area (Å²) in [6.07, 6.45) is 6.88. The fourth-order valence-electron chi connectivity index (χ4n) is 0.368. The first-order chi connectivity index (χ1) is 3.89. The van der Waals surface area contributed by atoms with Gasteiger partial charge in [-0.2, -0.15) is 0 Å². The van der Waals surface area contributed by atoms with Crippen LogP contribution < -0.4 is 0 Å². The van der Waals surface area contributed by atoms with Crippen LogP contribution in [0.3, 0.4) is 0 Å². The Hall–Kier alpha value is -0.620. The van der Waals surface area contributed by atoms with Crippen molar-refractivity contribution < 1.29 is 4.52 Å². The molecule has 0 saturated heterocycles. The molecule has 42 valence electrons. The Bertz CT molecular complexity index is 151. The maximum Gasteiger partial charge on any atom is 0.122 e. The lowest BCUT2D eigenvalue weighted by Crippen LogP contribution is -1.74. The smallest absolute Gasteiger partial charge is 0.122 e. The van der Waals surface area contributed by atoms with Crippen LogP contribution in [0.5, 0.6) is 0 Å². The molecular weight excluding hydrogens is 121 g/mol. The highest BCUT2D eigenvalue weighted by Gasteiger charge is 1.90. The average Bonchev–Trinajstić information content (AvgIpc) is 1.94. The molecule has 0 aromatic rings. The normalized spacial score (nSPS) is 20.8. The van der Waals surface area contributed by atoms with Gasteiger partial charge in [0.1, 0.15) is 8.81 Å². The number of allylic oxidation sites excluding steroid dienone is 3. The van der Waals surface area contributed by atoms with Crippen molar-refractivity contribution in [1.29, 1.82) is 5.41 Å². The first kappa shape index (κ1) is 5.52. The number of hydrogen-bond acceptors (Lipinski definition) is 2. The van der Waals surface area contributed by atoms with E-state index in [0.29, 0.717) is 5.45 Å². The summed E-state index contributed by atoms with van der Waals surface area (Å²) in [7, 11) is 0.178. The van der Waals surface area contributed by atoms with Crippen molar-refractivity contribution in [2.45, 2.75) is 0 Å². The van der Waals surface area contributed by atoms with Crippen molar-refractivity contribution in [3.63, 3.8) is 0 Å². The number of rotatable bonds is 0. The van der Waals surface area contributed by atoms with E-state index < -0.39 is 0 Å². The van der Waals surface area contributed by atoms with E-state index in [0.717, 1.165) is 0 Å². The van der Waals surface area contributed by atoms with Gasteiger partial charge in [0.15, 0.2) is 0 Å². The molecule has 0 aromatic carbocycles. The van der Waals surface area contributed by atoms with Crippen LogP contribution in [-0.4, -0.2) is 5.45 Å². The zero-order valence-corrected chi connectivity index (χ0v) is 5.22. The second-order valence-electron chi connectivity index (χ2n) is 1.32. The SMILES string of the molecule is N=C1C=CC=COP1. The van der Waals surface area contributed by atoms with Gasteiger partial charge in [0, 0.05) is 0 Å². The summed E-state index contributed by atoms with van der Waals surface area (Å²) in [6.45, 7) is 0. The fourth-order valence-corrected chi connectivity index (χ4v) is 0.806. The first-order valence-electron chi connectivity index (χ1n) is 2.23. The molecule has 0 spiro atoms. The summed E-state index contributed by atoms with van der Waals surface area (Å²) in [6, 6.07) is 0. The predicted molar refractivity (Wildman–Crippen MR) is 35.4 cm³/mol. The third-order valence-electron chi connectivity index (χ3n) is 0.689. The van der Waals surface area contributed by atoms with Crippen LogP contribution in [0, 0.1) is 5.41 Å². The Morgan fingerprint density at radius 3 is 3.25 bits per heavy atom. The summed E-state index contributed by atoms with van der Waals surface area (Å²) in [5.41, 5.74) is 0.537. The number of nitrogens with one attached hydrogen (secondary N) is 1. The quantitative estimate of drug-likeness (QED) is 0.493. The van der Waals surface area contributed by atoms with E-state index >= 15 is 0 Å². The van der Waals surface area contributed by atoms with Gasteiger partial charge in [-0.25, -0.2) is 0 Å². The van der Waals surface area contributed by atoms with E-state index in [9.17, 15) is 0 Å². The standard InChI is InChI=1S/C5H6NOP/c6-5-3-1-2-4-7-8-5/h1-4,6,8H. The molecule has 0 bridgehead atoms. The summed E-state index contributed by atoms with van der Waals surface area (Å²) < 4.78 is 4.87. The minimum atomic E-state index is 0.178. The zero-order chi connectivity index (χ0) is 5.82. The van der Waals surface area contributed by atoms with Crippen molar-refractivity contribution in [3.05, 3.63) is 24.5 Å². The van der Waals surface area contributed by atoms with Crippen LogP contribution in [0.15, 0.2) is 24.5 Å². The lowest BCUT2D eigenvalue weighted by molar-refractivity contribution is 0.560. The molecule has 1 heterocycles. The maximum atomic E-state index is 7.09. The minimum absolute atomic E-state index is 0.178. The lowest BCUT2D eigenvalue weighted by Gasteiger charge is -1.91. The molecule has 0 saturated carbocycles. The predicted octanol–water partition coefficient (Wildman–Crippen LogP) is 1.66. The average molecular weight is 127 g/mol. The van der Waals surface area contributed by atoms with Gasteiger partial charge < -0.3 is 4.52 Å². The van der Waals surface area contributed by atoms with Gasteiger partial charge in [-0.3, -0.25) is 5.41 Å². The van der Waals surface area contributed by atoms with Crippen LogP contribution in [0.1, 0.15) is 0 Å². The summed E-state index contributed by atoms with van der Waals surface area (Å²) >= 11 is 0. The molecule has 0 amide bonds. The molecule has 1 aliphatic heterocycles. The lowest BCUT2D eigenvalue weighted by atomic mass is 10.5. The molecule has 1 unspecified atom stereocenters. The van der Waals surface area contributed by atoms with Gasteiger partial charge in [0.2, 0.25) is 0 Å². The largest absolute Gasteiger partial charge is 0.478 e. The molecular formula is C5H6NOP. The maximum absolute atomic E-state index is 7.09. The van der Waals surface area contributed by atoms with Crippen molar-refractivity contribution in [1.82, 2.24) is 0 Å². The van der Waals surface area contributed by atoms with Crippen LogP contribution in [0.25, 0.3) is 0 Å². The third-order valence-corrected chi connectivity index (χ3v) is 1.33. The fraction of sp³-hybridized carbons (Fsp3) is 0. The molecule has 0 aliphatic carbocycles. The van der Waals surface area contributed by atoms with Crippen molar-refractivity contribution in [2.75, 3.05) is 0 Å². The highest BCUT2D eigenvalue weighted by atomic mass is 31.1. The molecule has 0 radical (unpaired) electrons. The second-order valence-corrected chi connectivity index (χ2v) is 2.30. The molecule has 1 N–H and O–H groups in total. The Balaban J connectivity index is 2.58. The topological polar surface area (TPSA) is 33.1 Å². The van der Waals surface area contributed by atoms with E-state index in [4.69, 9.17) is 9.93 Å². The second kappa shape index (κ2) is 2.63. The Kier molecular flexibility index (Phi) is 1.81. The molecule has 3 heteroatoms. The zero-order valence-electron chi connectivity index (χ0n) is 4.22. The first-order valence-corrected chi connectivity index (χ1v) is 3.14. The van der Waals surface area contributed by atoms with Crippen molar-refractivity contribution in [3.8, 4) is 0 Å². The highest BCUT2D eigenvalue weighted by molar-refractivity contribution is 7.54. The summed E-state index contributed by atoms with van der Waals surface area (Å²) in [5.74, 6) is 0. The highest BCUT2D eigenvalue weighted by Crippen LogP contribution is 2.16. The molecule has 8 heavy (non-hydrogen) atoms. The van der Waals surface area contributed by atoms with Gasteiger partial charge in [-0.05, 0) is 12.2 Å². The molecule has 1 aliphatic rings. The van der Waals surface area contributed by atoms with Gasteiger partial charge in [-0.15, -0.1) is 0 Å². The Labute approximate surface area is 49.6 Å². The third kappa shape index (κ3) is 1.47. The molecule has 0 fully saturated rings. The van der Waals surface area contributed by atoms with E-state index in [1.165, 1.54) is 0 Å². The monoisotopic (exact) mass is 127 g/mol. The molecule has 2 nitrogen and oxygen atoms in total.